The third kappa shape index (κ3) is 2.24. The predicted octanol–water partition coefficient (Wildman–Crippen LogP) is 3.35. The van der Waals surface area contributed by atoms with Crippen LogP contribution >= 0.6 is 11.3 Å². The summed E-state index contributed by atoms with van der Waals surface area (Å²) in [6.07, 6.45) is 2.89. The first-order valence-corrected chi connectivity index (χ1v) is 6.84. The summed E-state index contributed by atoms with van der Waals surface area (Å²) in [5.74, 6) is -3.27. The van der Waals surface area contributed by atoms with Crippen molar-refractivity contribution >= 4 is 28.1 Å². The van der Waals surface area contributed by atoms with Crippen LogP contribution in [0, 0.1) is 11.6 Å². The summed E-state index contributed by atoms with van der Waals surface area (Å²) >= 11 is 1.37. The maximum Gasteiger partial charge on any atom is 0.335 e. The molecule has 0 amide bonds. The summed E-state index contributed by atoms with van der Waals surface area (Å²) in [4.78, 5) is 16.1. The molecule has 20 heavy (non-hydrogen) atoms. The van der Waals surface area contributed by atoms with Gasteiger partial charge in [-0.3, -0.25) is 0 Å². The van der Waals surface area contributed by atoms with Gasteiger partial charge in [-0.2, -0.15) is 0 Å². The molecule has 2 N–H and O–H groups in total. The molecule has 1 aliphatic carbocycles. The van der Waals surface area contributed by atoms with Gasteiger partial charge in [0.2, 0.25) is 0 Å². The fourth-order valence-corrected chi connectivity index (χ4v) is 3.22. The first-order chi connectivity index (χ1) is 9.54. The monoisotopic (exact) mass is 296 g/mol. The Morgan fingerprint density at radius 3 is 2.60 bits per heavy atom. The van der Waals surface area contributed by atoms with E-state index in [0.29, 0.717) is 5.13 Å². The number of nitrogens with one attached hydrogen (secondary N) is 1. The lowest BCUT2D eigenvalue weighted by molar-refractivity contribution is 0.0696. The molecule has 104 valence electrons. The van der Waals surface area contributed by atoms with Gasteiger partial charge in [0.15, 0.2) is 16.8 Å². The van der Waals surface area contributed by atoms with E-state index in [0.717, 1.165) is 42.0 Å². The molecule has 4 nitrogen and oxygen atoms in total. The number of benzene rings is 1. The van der Waals surface area contributed by atoms with Gasteiger partial charge < -0.3 is 10.4 Å². The number of aromatic nitrogens is 1. The standard InChI is InChI=1S/C13H10F2N2O2S/c14-7-4-6(12(18)19)5-8(15)11(7)17-13-16-9-2-1-3-10(9)20-13/h4-5H,1-3H2,(H,16,17)(H,18,19). The lowest BCUT2D eigenvalue weighted by Crippen LogP contribution is -2.03. The van der Waals surface area contributed by atoms with E-state index in [-0.39, 0.29) is 5.69 Å². The molecule has 0 bridgehead atoms. The number of aromatic carboxylic acids is 1. The Balaban J connectivity index is 1.92. The van der Waals surface area contributed by atoms with Crippen molar-refractivity contribution < 1.29 is 18.7 Å². The van der Waals surface area contributed by atoms with Crippen LogP contribution in [0.15, 0.2) is 12.1 Å². The number of carboxylic acids is 1. The molecule has 0 radical (unpaired) electrons. The number of carbonyl (C=O) groups is 1. The second-order valence-corrected chi connectivity index (χ2v) is 5.57. The molecule has 2 aromatic rings. The maximum absolute atomic E-state index is 13.8. The van der Waals surface area contributed by atoms with Crippen LogP contribution < -0.4 is 5.32 Å². The molecule has 3 rings (SSSR count). The van der Waals surface area contributed by atoms with Crippen molar-refractivity contribution in [1.29, 1.82) is 0 Å². The van der Waals surface area contributed by atoms with Gasteiger partial charge in [0.25, 0.3) is 0 Å². The molecule has 1 aliphatic rings. The molecule has 0 saturated heterocycles. The molecular weight excluding hydrogens is 286 g/mol. The van der Waals surface area contributed by atoms with E-state index >= 15 is 0 Å². The molecule has 7 heteroatoms. The number of carboxylic acid groups (broad SMARTS) is 1. The second kappa shape index (κ2) is 4.82. The lowest BCUT2D eigenvalue weighted by atomic mass is 10.2. The van der Waals surface area contributed by atoms with Gasteiger partial charge in [0.05, 0.1) is 11.3 Å². The zero-order chi connectivity index (χ0) is 14.3. The number of halogens is 2. The Morgan fingerprint density at radius 2 is 2.00 bits per heavy atom. The quantitative estimate of drug-likeness (QED) is 0.911. The van der Waals surface area contributed by atoms with E-state index in [1.165, 1.54) is 11.3 Å². The minimum absolute atomic E-state index is 0.373. The molecule has 1 heterocycles. The van der Waals surface area contributed by atoms with Gasteiger partial charge >= 0.3 is 5.97 Å². The number of fused-ring (bicyclic) bond motifs is 1. The lowest BCUT2D eigenvalue weighted by Gasteiger charge is -2.07. The zero-order valence-corrected chi connectivity index (χ0v) is 11.1. The van der Waals surface area contributed by atoms with E-state index < -0.39 is 23.2 Å². The van der Waals surface area contributed by atoms with Crippen molar-refractivity contribution in [3.8, 4) is 0 Å². The summed E-state index contributed by atoms with van der Waals surface area (Å²) in [7, 11) is 0. The third-order valence-electron chi connectivity index (χ3n) is 3.12. The molecule has 1 aromatic heterocycles. The van der Waals surface area contributed by atoms with Crippen molar-refractivity contribution in [1.82, 2.24) is 4.98 Å². The van der Waals surface area contributed by atoms with Crippen LogP contribution in [0.3, 0.4) is 0 Å². The highest BCUT2D eigenvalue weighted by molar-refractivity contribution is 7.15. The number of anilines is 2. The molecular formula is C13H10F2N2O2S. The van der Waals surface area contributed by atoms with Crippen LogP contribution in [0.4, 0.5) is 19.6 Å². The number of hydrogen-bond acceptors (Lipinski definition) is 4. The van der Waals surface area contributed by atoms with Crippen molar-refractivity contribution in [2.24, 2.45) is 0 Å². The number of aryl methyl sites for hydroxylation is 2. The first kappa shape index (κ1) is 13.0. The van der Waals surface area contributed by atoms with E-state index in [2.05, 4.69) is 10.3 Å². The van der Waals surface area contributed by atoms with E-state index in [1.807, 2.05) is 0 Å². The number of thiazole rings is 1. The largest absolute Gasteiger partial charge is 0.478 e. The molecule has 0 fully saturated rings. The van der Waals surface area contributed by atoms with Crippen LogP contribution in [0.5, 0.6) is 0 Å². The third-order valence-corrected chi connectivity index (χ3v) is 4.19. The van der Waals surface area contributed by atoms with Gasteiger partial charge in [0.1, 0.15) is 5.69 Å². The SMILES string of the molecule is O=C(O)c1cc(F)c(Nc2nc3c(s2)CCC3)c(F)c1. The van der Waals surface area contributed by atoms with E-state index in [1.54, 1.807) is 0 Å². The Hall–Kier alpha value is -2.02. The Bertz CT molecular complexity index is 655. The topological polar surface area (TPSA) is 62.2 Å². The van der Waals surface area contributed by atoms with Crippen LogP contribution in [0.1, 0.15) is 27.3 Å². The smallest absolute Gasteiger partial charge is 0.335 e. The van der Waals surface area contributed by atoms with Crippen LogP contribution in [-0.2, 0) is 12.8 Å². The number of nitrogens with zero attached hydrogens (tertiary/aromatic N) is 1. The van der Waals surface area contributed by atoms with Gasteiger partial charge in [-0.05, 0) is 31.4 Å². The van der Waals surface area contributed by atoms with Gasteiger partial charge in [0, 0.05) is 4.88 Å². The van der Waals surface area contributed by atoms with E-state index in [4.69, 9.17) is 5.11 Å². The maximum atomic E-state index is 13.8. The van der Waals surface area contributed by atoms with Crippen LogP contribution in [0.2, 0.25) is 0 Å². The molecule has 0 aliphatic heterocycles. The summed E-state index contributed by atoms with van der Waals surface area (Å²) in [6, 6.07) is 1.57. The fraction of sp³-hybridized carbons (Fsp3) is 0.231. The molecule has 0 unspecified atom stereocenters. The fourth-order valence-electron chi connectivity index (χ4n) is 2.17. The van der Waals surface area contributed by atoms with Gasteiger partial charge in [-0.15, -0.1) is 11.3 Å². The average Bonchev–Trinajstić information content (AvgIpc) is 2.93. The Morgan fingerprint density at radius 1 is 1.30 bits per heavy atom. The van der Waals surface area contributed by atoms with Crippen molar-refractivity contribution in [3.63, 3.8) is 0 Å². The van der Waals surface area contributed by atoms with Crippen molar-refractivity contribution in [2.45, 2.75) is 19.3 Å². The molecule has 0 spiro atoms. The summed E-state index contributed by atoms with van der Waals surface area (Å²) in [6.45, 7) is 0. The van der Waals surface area contributed by atoms with Crippen molar-refractivity contribution in [2.75, 3.05) is 5.32 Å². The van der Waals surface area contributed by atoms with Gasteiger partial charge in [-0.1, -0.05) is 0 Å². The Labute approximate surface area is 117 Å². The minimum Gasteiger partial charge on any atom is -0.478 e. The van der Waals surface area contributed by atoms with Crippen LogP contribution in [-0.4, -0.2) is 16.1 Å². The summed E-state index contributed by atoms with van der Waals surface area (Å²) in [5, 5.41) is 11.8. The molecule has 1 aromatic carbocycles. The highest BCUT2D eigenvalue weighted by atomic mass is 32.1. The average molecular weight is 296 g/mol. The zero-order valence-electron chi connectivity index (χ0n) is 10.2. The highest BCUT2D eigenvalue weighted by Gasteiger charge is 2.19. The minimum atomic E-state index is -1.37. The normalized spacial score (nSPS) is 13.3. The summed E-state index contributed by atoms with van der Waals surface area (Å²) in [5.41, 5.74) is 0.176. The van der Waals surface area contributed by atoms with Crippen molar-refractivity contribution in [3.05, 3.63) is 39.9 Å². The van der Waals surface area contributed by atoms with E-state index in [9.17, 15) is 13.6 Å². The molecule has 0 atom stereocenters. The Kier molecular flexibility index (Phi) is 3.13. The number of hydrogen-bond donors (Lipinski definition) is 2. The number of rotatable bonds is 3. The second-order valence-electron chi connectivity index (χ2n) is 4.49. The van der Waals surface area contributed by atoms with Crippen LogP contribution in [0.25, 0.3) is 0 Å². The molecule has 0 saturated carbocycles. The van der Waals surface area contributed by atoms with Gasteiger partial charge in [-0.25, -0.2) is 18.6 Å². The summed E-state index contributed by atoms with van der Waals surface area (Å²) < 4.78 is 27.5. The highest BCUT2D eigenvalue weighted by Crippen LogP contribution is 2.33. The first-order valence-electron chi connectivity index (χ1n) is 6.02. The predicted molar refractivity (Wildman–Crippen MR) is 70.7 cm³/mol.